The summed E-state index contributed by atoms with van der Waals surface area (Å²) in [6.45, 7) is 5.60. The van der Waals surface area contributed by atoms with Crippen LogP contribution in [0.5, 0.6) is 0 Å². The molecule has 1 fully saturated rings. The van der Waals surface area contributed by atoms with Gasteiger partial charge in [-0.15, -0.1) is 0 Å². The molecule has 0 spiro atoms. The van der Waals surface area contributed by atoms with E-state index in [0.717, 1.165) is 13.0 Å². The Labute approximate surface area is 114 Å². The largest absolute Gasteiger partial charge is 0.480 e. The fourth-order valence-corrected chi connectivity index (χ4v) is 1.81. The Morgan fingerprint density at radius 1 is 1.32 bits per heavy atom. The Morgan fingerprint density at radius 3 is 2.53 bits per heavy atom. The van der Waals surface area contributed by atoms with Gasteiger partial charge in [0.2, 0.25) is 0 Å². The number of hydrogen-bond donors (Lipinski definition) is 3. The molecule has 0 aromatic rings. The minimum atomic E-state index is -0.980. The molecule has 2 amide bonds. The zero-order valence-electron chi connectivity index (χ0n) is 11.8. The van der Waals surface area contributed by atoms with Gasteiger partial charge in [-0.3, -0.25) is 4.79 Å². The van der Waals surface area contributed by atoms with Crippen molar-refractivity contribution in [1.82, 2.24) is 15.5 Å². The van der Waals surface area contributed by atoms with E-state index in [9.17, 15) is 9.59 Å². The van der Waals surface area contributed by atoms with E-state index in [0.29, 0.717) is 19.1 Å². The number of hydrogen-bond acceptors (Lipinski definition) is 3. The average Bonchev–Trinajstić information content (AvgIpc) is 3.10. The van der Waals surface area contributed by atoms with Gasteiger partial charge in [-0.1, -0.05) is 13.8 Å². The predicted octanol–water partition coefficient (Wildman–Crippen LogP) is 0.881. The van der Waals surface area contributed by atoms with Gasteiger partial charge in [0.25, 0.3) is 0 Å². The van der Waals surface area contributed by atoms with Crippen molar-refractivity contribution < 1.29 is 14.7 Å². The number of amides is 2. The lowest BCUT2D eigenvalue weighted by Crippen LogP contribution is -2.45. The molecule has 1 rings (SSSR count). The number of rotatable bonds is 9. The molecule has 3 N–H and O–H groups in total. The Morgan fingerprint density at radius 2 is 2.00 bits per heavy atom. The number of carbonyl (C=O) groups is 2. The topological polar surface area (TPSA) is 81.7 Å². The van der Waals surface area contributed by atoms with Gasteiger partial charge in [-0.25, -0.2) is 4.79 Å². The second-order valence-electron chi connectivity index (χ2n) is 5.48. The van der Waals surface area contributed by atoms with Crippen LogP contribution in [0, 0.1) is 5.92 Å². The average molecular weight is 271 g/mol. The first-order valence-electron chi connectivity index (χ1n) is 6.97. The van der Waals surface area contributed by atoms with Crippen LogP contribution in [0.1, 0.15) is 33.1 Å². The number of carboxylic acids is 1. The third-order valence-corrected chi connectivity index (χ3v) is 2.84. The van der Waals surface area contributed by atoms with E-state index < -0.39 is 5.97 Å². The van der Waals surface area contributed by atoms with Crippen LogP contribution < -0.4 is 10.6 Å². The van der Waals surface area contributed by atoms with Crippen molar-refractivity contribution in [2.45, 2.75) is 39.2 Å². The maximum absolute atomic E-state index is 11.9. The first-order chi connectivity index (χ1) is 8.99. The lowest BCUT2D eigenvalue weighted by Gasteiger charge is -2.23. The Hall–Kier alpha value is -1.30. The van der Waals surface area contributed by atoms with Gasteiger partial charge in [-0.2, -0.15) is 0 Å². The molecule has 0 aromatic heterocycles. The SMILES string of the molecule is CC(C)CN(CC(=O)O)C(=O)NCCCNC1CC1. The lowest BCUT2D eigenvalue weighted by molar-refractivity contribution is -0.137. The molecule has 0 saturated heterocycles. The highest BCUT2D eigenvalue weighted by Gasteiger charge is 2.20. The minimum absolute atomic E-state index is 0.246. The van der Waals surface area contributed by atoms with E-state index in [4.69, 9.17) is 5.11 Å². The predicted molar refractivity (Wildman–Crippen MR) is 73.1 cm³/mol. The minimum Gasteiger partial charge on any atom is -0.480 e. The van der Waals surface area contributed by atoms with Crippen LogP contribution in [0.3, 0.4) is 0 Å². The molecule has 0 bridgehead atoms. The quantitative estimate of drug-likeness (QED) is 0.544. The summed E-state index contributed by atoms with van der Waals surface area (Å²) in [4.78, 5) is 23.9. The Kier molecular flexibility index (Phi) is 6.62. The number of carboxylic acid groups (broad SMARTS) is 1. The van der Waals surface area contributed by atoms with Gasteiger partial charge in [0.15, 0.2) is 0 Å². The number of aliphatic carboxylic acids is 1. The third kappa shape index (κ3) is 7.66. The zero-order chi connectivity index (χ0) is 14.3. The van der Waals surface area contributed by atoms with Crippen LogP contribution in [0.25, 0.3) is 0 Å². The number of nitrogens with one attached hydrogen (secondary N) is 2. The summed E-state index contributed by atoms with van der Waals surface area (Å²) >= 11 is 0. The zero-order valence-corrected chi connectivity index (χ0v) is 11.8. The highest BCUT2D eigenvalue weighted by Crippen LogP contribution is 2.18. The molecule has 110 valence electrons. The van der Waals surface area contributed by atoms with E-state index in [1.165, 1.54) is 17.7 Å². The van der Waals surface area contributed by atoms with Gasteiger partial charge in [0, 0.05) is 19.1 Å². The summed E-state index contributed by atoms with van der Waals surface area (Å²) in [5.74, 6) is -0.729. The highest BCUT2D eigenvalue weighted by atomic mass is 16.4. The second kappa shape index (κ2) is 7.99. The van der Waals surface area contributed by atoms with Gasteiger partial charge < -0.3 is 20.6 Å². The fourth-order valence-electron chi connectivity index (χ4n) is 1.81. The van der Waals surface area contributed by atoms with Crippen molar-refractivity contribution in [3.05, 3.63) is 0 Å². The Balaban J connectivity index is 2.18. The fraction of sp³-hybridized carbons (Fsp3) is 0.846. The van der Waals surface area contributed by atoms with Crippen LogP contribution in [0.2, 0.25) is 0 Å². The summed E-state index contributed by atoms with van der Waals surface area (Å²) in [7, 11) is 0. The number of carbonyl (C=O) groups excluding carboxylic acids is 1. The standard InChI is InChI=1S/C13H25N3O3/c1-10(2)8-16(9-12(17)18)13(19)15-7-3-6-14-11-4-5-11/h10-11,14H,3-9H2,1-2H3,(H,15,19)(H,17,18). The van der Waals surface area contributed by atoms with Crippen LogP contribution in [0.4, 0.5) is 4.79 Å². The molecule has 0 atom stereocenters. The van der Waals surface area contributed by atoms with Gasteiger partial charge >= 0.3 is 12.0 Å². The monoisotopic (exact) mass is 271 g/mol. The van der Waals surface area contributed by atoms with Crippen LogP contribution in [-0.4, -0.2) is 54.2 Å². The normalized spacial score (nSPS) is 14.5. The van der Waals surface area contributed by atoms with Crippen molar-refractivity contribution in [3.8, 4) is 0 Å². The number of urea groups is 1. The van der Waals surface area contributed by atoms with Crippen molar-refractivity contribution in [1.29, 1.82) is 0 Å². The van der Waals surface area contributed by atoms with E-state index >= 15 is 0 Å². The molecule has 1 aliphatic carbocycles. The van der Waals surface area contributed by atoms with E-state index in [2.05, 4.69) is 10.6 Å². The molecule has 19 heavy (non-hydrogen) atoms. The molecule has 0 aliphatic heterocycles. The first kappa shape index (κ1) is 15.8. The van der Waals surface area contributed by atoms with E-state index in [-0.39, 0.29) is 18.5 Å². The summed E-state index contributed by atoms with van der Waals surface area (Å²) in [5, 5.41) is 14.9. The van der Waals surface area contributed by atoms with Crippen molar-refractivity contribution in [2.75, 3.05) is 26.2 Å². The van der Waals surface area contributed by atoms with Crippen molar-refractivity contribution in [3.63, 3.8) is 0 Å². The molecule has 1 saturated carbocycles. The summed E-state index contributed by atoms with van der Waals surface area (Å²) in [6.07, 6.45) is 3.38. The molecule has 6 heteroatoms. The highest BCUT2D eigenvalue weighted by molar-refractivity contribution is 5.80. The molecule has 1 aliphatic rings. The smallest absolute Gasteiger partial charge is 0.323 e. The molecule has 0 radical (unpaired) electrons. The maximum Gasteiger partial charge on any atom is 0.323 e. The molecular formula is C13H25N3O3. The molecule has 0 heterocycles. The molecular weight excluding hydrogens is 246 g/mol. The third-order valence-electron chi connectivity index (χ3n) is 2.84. The van der Waals surface area contributed by atoms with Gasteiger partial charge in [0.05, 0.1) is 0 Å². The van der Waals surface area contributed by atoms with Crippen molar-refractivity contribution >= 4 is 12.0 Å². The summed E-state index contributed by atoms with van der Waals surface area (Å²) < 4.78 is 0. The molecule has 6 nitrogen and oxygen atoms in total. The van der Waals surface area contributed by atoms with E-state index in [1.54, 1.807) is 0 Å². The second-order valence-corrected chi connectivity index (χ2v) is 5.48. The van der Waals surface area contributed by atoms with Crippen LogP contribution in [-0.2, 0) is 4.79 Å². The molecule has 0 unspecified atom stereocenters. The maximum atomic E-state index is 11.9. The van der Waals surface area contributed by atoms with Gasteiger partial charge in [-0.05, 0) is 31.7 Å². The number of nitrogens with zero attached hydrogens (tertiary/aromatic N) is 1. The first-order valence-corrected chi connectivity index (χ1v) is 6.97. The summed E-state index contributed by atoms with van der Waals surface area (Å²) in [5.41, 5.74) is 0. The summed E-state index contributed by atoms with van der Waals surface area (Å²) in [6, 6.07) is 0.391. The Bertz CT molecular complexity index is 304. The van der Waals surface area contributed by atoms with Gasteiger partial charge in [0.1, 0.15) is 6.54 Å². The van der Waals surface area contributed by atoms with Crippen LogP contribution >= 0.6 is 0 Å². The van der Waals surface area contributed by atoms with Crippen LogP contribution in [0.15, 0.2) is 0 Å². The van der Waals surface area contributed by atoms with E-state index in [1.807, 2.05) is 13.8 Å². The lowest BCUT2D eigenvalue weighted by atomic mass is 10.2. The van der Waals surface area contributed by atoms with Crippen molar-refractivity contribution in [2.24, 2.45) is 5.92 Å². The molecule has 0 aromatic carbocycles.